The zero-order valence-electron chi connectivity index (χ0n) is 20.7. The van der Waals surface area contributed by atoms with Crippen molar-refractivity contribution < 1.29 is 19.1 Å². The summed E-state index contributed by atoms with van der Waals surface area (Å²) < 4.78 is 10.7. The quantitative estimate of drug-likeness (QED) is 0.404. The van der Waals surface area contributed by atoms with Crippen LogP contribution < -0.4 is 14.8 Å². The molecule has 0 aliphatic rings. The summed E-state index contributed by atoms with van der Waals surface area (Å²) in [7, 11) is 3.20. The number of nitrogens with one attached hydrogen (secondary N) is 1. The lowest BCUT2D eigenvalue weighted by Gasteiger charge is -2.31. The van der Waals surface area contributed by atoms with E-state index >= 15 is 0 Å². The minimum Gasteiger partial charge on any atom is -0.493 e. The van der Waals surface area contributed by atoms with Crippen LogP contribution in [0.2, 0.25) is 0 Å². The minimum atomic E-state index is -0.721. The fourth-order valence-electron chi connectivity index (χ4n) is 4.03. The largest absolute Gasteiger partial charge is 0.493 e. The Morgan fingerprint density at radius 3 is 2.14 bits per heavy atom. The molecule has 6 heteroatoms. The smallest absolute Gasteiger partial charge is 0.247 e. The number of nitrogens with zero attached hydrogens (tertiary/aromatic N) is 1. The van der Waals surface area contributed by atoms with Gasteiger partial charge in [0.25, 0.3) is 0 Å². The van der Waals surface area contributed by atoms with E-state index in [9.17, 15) is 9.59 Å². The van der Waals surface area contributed by atoms with Gasteiger partial charge in [0.05, 0.1) is 14.2 Å². The molecule has 0 spiro atoms. The zero-order valence-corrected chi connectivity index (χ0v) is 20.7. The third kappa shape index (κ3) is 7.09. The van der Waals surface area contributed by atoms with Crippen LogP contribution in [0.1, 0.15) is 42.5 Å². The predicted octanol–water partition coefficient (Wildman–Crippen LogP) is 4.93. The zero-order chi connectivity index (χ0) is 25.0. The summed E-state index contributed by atoms with van der Waals surface area (Å²) in [6, 6.07) is 24.3. The molecule has 1 atom stereocenters. The number of rotatable bonds is 12. The van der Waals surface area contributed by atoms with Crippen molar-refractivity contribution in [3.63, 3.8) is 0 Å². The molecule has 0 fully saturated rings. The maximum absolute atomic E-state index is 13.5. The first-order valence-electron chi connectivity index (χ1n) is 11.9. The van der Waals surface area contributed by atoms with Gasteiger partial charge in [0.15, 0.2) is 11.5 Å². The highest BCUT2D eigenvalue weighted by Crippen LogP contribution is 2.28. The topological polar surface area (TPSA) is 67.9 Å². The van der Waals surface area contributed by atoms with Gasteiger partial charge in [-0.05, 0) is 41.7 Å². The Balaban J connectivity index is 1.81. The van der Waals surface area contributed by atoms with Crippen molar-refractivity contribution in [2.75, 3.05) is 20.8 Å². The van der Waals surface area contributed by atoms with Crippen LogP contribution in [0.15, 0.2) is 78.9 Å². The van der Waals surface area contributed by atoms with E-state index in [4.69, 9.17) is 9.47 Å². The SMILES string of the molecule is CCCC(=O)N(Cc1ccccc1)[C@@H](C(=O)NCCc1ccc(OC)c(OC)c1)c1ccccc1. The number of carbonyl (C=O) groups is 2. The Morgan fingerprint density at radius 2 is 1.51 bits per heavy atom. The molecule has 0 bridgehead atoms. The highest BCUT2D eigenvalue weighted by Gasteiger charge is 2.30. The molecule has 0 aliphatic carbocycles. The van der Waals surface area contributed by atoms with Gasteiger partial charge < -0.3 is 19.7 Å². The van der Waals surface area contributed by atoms with Crippen LogP contribution in [-0.2, 0) is 22.6 Å². The highest BCUT2D eigenvalue weighted by molar-refractivity contribution is 5.88. The Kier molecular flexibility index (Phi) is 9.72. The number of ether oxygens (including phenoxy) is 2. The van der Waals surface area contributed by atoms with Gasteiger partial charge in [0.2, 0.25) is 11.8 Å². The van der Waals surface area contributed by atoms with Crippen molar-refractivity contribution >= 4 is 11.8 Å². The lowest BCUT2D eigenvalue weighted by molar-refractivity contribution is -0.141. The number of hydrogen-bond acceptors (Lipinski definition) is 4. The molecule has 35 heavy (non-hydrogen) atoms. The molecule has 184 valence electrons. The second-order valence-corrected chi connectivity index (χ2v) is 8.30. The molecular weight excluding hydrogens is 440 g/mol. The standard InChI is InChI=1S/C29H34N2O4/c1-4-11-27(32)31(21-23-12-7-5-8-13-23)28(24-14-9-6-10-15-24)29(33)30-19-18-22-16-17-25(34-2)26(20-22)35-3/h5-10,12-17,20,28H,4,11,18-19,21H2,1-3H3,(H,30,33)/t28-/m1/s1. The van der Waals surface area contributed by atoms with Gasteiger partial charge in [-0.1, -0.05) is 73.7 Å². The van der Waals surface area contributed by atoms with Crippen molar-refractivity contribution in [3.05, 3.63) is 95.6 Å². The van der Waals surface area contributed by atoms with Crippen LogP contribution in [0.3, 0.4) is 0 Å². The summed E-state index contributed by atoms with van der Waals surface area (Å²) in [6.45, 7) is 2.76. The van der Waals surface area contributed by atoms with Gasteiger partial charge in [-0.15, -0.1) is 0 Å². The fourth-order valence-corrected chi connectivity index (χ4v) is 4.03. The van der Waals surface area contributed by atoms with E-state index in [1.165, 1.54) is 0 Å². The van der Waals surface area contributed by atoms with E-state index in [1.54, 1.807) is 19.1 Å². The third-order valence-electron chi connectivity index (χ3n) is 5.82. The Morgan fingerprint density at radius 1 is 0.857 bits per heavy atom. The van der Waals surface area contributed by atoms with Crippen molar-refractivity contribution in [1.82, 2.24) is 10.2 Å². The third-order valence-corrected chi connectivity index (χ3v) is 5.82. The Bertz CT molecular complexity index is 1090. The van der Waals surface area contributed by atoms with Crippen LogP contribution in [0.25, 0.3) is 0 Å². The van der Waals surface area contributed by atoms with E-state index < -0.39 is 6.04 Å². The van der Waals surface area contributed by atoms with Crippen molar-refractivity contribution in [1.29, 1.82) is 0 Å². The average molecular weight is 475 g/mol. The maximum atomic E-state index is 13.5. The van der Waals surface area contributed by atoms with Gasteiger partial charge in [0.1, 0.15) is 6.04 Å². The maximum Gasteiger partial charge on any atom is 0.247 e. The first-order valence-corrected chi connectivity index (χ1v) is 11.9. The van der Waals surface area contributed by atoms with Crippen molar-refractivity contribution in [2.24, 2.45) is 0 Å². The normalized spacial score (nSPS) is 11.4. The van der Waals surface area contributed by atoms with Gasteiger partial charge in [0, 0.05) is 19.5 Å². The molecule has 0 unspecified atom stereocenters. The molecule has 1 N–H and O–H groups in total. The van der Waals surface area contributed by atoms with Crippen LogP contribution in [0, 0.1) is 0 Å². The molecule has 0 heterocycles. The lowest BCUT2D eigenvalue weighted by atomic mass is 10.0. The van der Waals surface area contributed by atoms with E-state index in [0.717, 1.165) is 16.7 Å². The summed E-state index contributed by atoms with van der Waals surface area (Å²) >= 11 is 0. The molecule has 0 saturated carbocycles. The molecular formula is C29H34N2O4. The summed E-state index contributed by atoms with van der Waals surface area (Å²) in [6.07, 6.45) is 1.72. The van der Waals surface area contributed by atoms with Crippen LogP contribution >= 0.6 is 0 Å². The summed E-state index contributed by atoms with van der Waals surface area (Å²) in [5, 5.41) is 3.05. The average Bonchev–Trinajstić information content (AvgIpc) is 2.89. The first-order chi connectivity index (χ1) is 17.1. The summed E-state index contributed by atoms with van der Waals surface area (Å²) in [5.41, 5.74) is 2.79. The second kappa shape index (κ2) is 13.2. The number of hydrogen-bond donors (Lipinski definition) is 1. The van der Waals surface area contributed by atoms with Gasteiger partial charge in [-0.2, -0.15) is 0 Å². The van der Waals surface area contributed by atoms with E-state index in [2.05, 4.69) is 5.32 Å². The Hall–Kier alpha value is -3.80. The molecule has 3 rings (SSSR count). The summed E-state index contributed by atoms with van der Waals surface area (Å²) in [5.74, 6) is 1.07. The fraction of sp³-hybridized carbons (Fsp3) is 0.310. The molecule has 3 aromatic rings. The minimum absolute atomic E-state index is 0.0414. The van der Waals surface area contributed by atoms with Crippen molar-refractivity contribution in [2.45, 2.75) is 38.8 Å². The number of methoxy groups -OCH3 is 2. The van der Waals surface area contributed by atoms with Crippen LogP contribution in [0.5, 0.6) is 11.5 Å². The van der Waals surface area contributed by atoms with Gasteiger partial charge in [-0.3, -0.25) is 9.59 Å². The van der Waals surface area contributed by atoms with E-state index in [-0.39, 0.29) is 11.8 Å². The predicted molar refractivity (Wildman–Crippen MR) is 137 cm³/mol. The molecule has 2 amide bonds. The van der Waals surface area contributed by atoms with E-state index in [0.29, 0.717) is 43.9 Å². The number of benzene rings is 3. The van der Waals surface area contributed by atoms with Crippen LogP contribution in [0.4, 0.5) is 0 Å². The molecule has 0 saturated heterocycles. The van der Waals surface area contributed by atoms with Gasteiger partial charge in [-0.25, -0.2) is 0 Å². The highest BCUT2D eigenvalue weighted by atomic mass is 16.5. The number of carbonyl (C=O) groups excluding carboxylic acids is 2. The van der Waals surface area contributed by atoms with E-state index in [1.807, 2.05) is 85.8 Å². The lowest BCUT2D eigenvalue weighted by Crippen LogP contribution is -2.43. The van der Waals surface area contributed by atoms with Gasteiger partial charge >= 0.3 is 0 Å². The molecule has 0 aromatic heterocycles. The second-order valence-electron chi connectivity index (χ2n) is 8.30. The molecule has 0 radical (unpaired) electrons. The summed E-state index contributed by atoms with van der Waals surface area (Å²) in [4.78, 5) is 28.5. The Labute approximate surface area is 207 Å². The molecule has 0 aliphatic heterocycles. The molecule has 6 nitrogen and oxygen atoms in total. The first kappa shape index (κ1) is 25.8. The van der Waals surface area contributed by atoms with Crippen LogP contribution in [-0.4, -0.2) is 37.5 Å². The molecule has 3 aromatic carbocycles. The monoisotopic (exact) mass is 474 g/mol. The number of amides is 2. The van der Waals surface area contributed by atoms with Crippen molar-refractivity contribution in [3.8, 4) is 11.5 Å².